The van der Waals surface area contributed by atoms with E-state index < -0.39 is 6.61 Å². The van der Waals surface area contributed by atoms with Crippen LogP contribution in [0.5, 0.6) is 5.75 Å². The number of aliphatic hydroxyl groups is 1. The number of hydrogen-bond donors (Lipinski definition) is 2. The van der Waals surface area contributed by atoms with Crippen LogP contribution in [-0.4, -0.2) is 38.1 Å². The summed E-state index contributed by atoms with van der Waals surface area (Å²) in [6, 6.07) is 5.04. The van der Waals surface area contributed by atoms with E-state index in [1.165, 1.54) is 6.07 Å². The molecule has 0 aromatic heterocycles. The zero-order valence-electron chi connectivity index (χ0n) is 10.7. The van der Waals surface area contributed by atoms with Crippen molar-refractivity contribution < 1.29 is 23.4 Å². The SMILES string of the molecule is Cc1ccc(NCC2(CO)COC2)cc1OC(F)F. The standard InChI is InChI=1S/C13H17F2NO3/c1-9-2-3-10(4-11(9)19-12(14)15)16-5-13(6-17)7-18-8-13/h2-4,12,16-17H,5-8H2,1H3. The van der Waals surface area contributed by atoms with Crippen molar-refractivity contribution in [1.29, 1.82) is 0 Å². The van der Waals surface area contributed by atoms with Crippen molar-refractivity contribution in [3.05, 3.63) is 23.8 Å². The van der Waals surface area contributed by atoms with Gasteiger partial charge in [-0.1, -0.05) is 6.07 Å². The van der Waals surface area contributed by atoms with E-state index in [2.05, 4.69) is 10.1 Å². The van der Waals surface area contributed by atoms with Crippen molar-refractivity contribution in [1.82, 2.24) is 0 Å². The van der Waals surface area contributed by atoms with Crippen LogP contribution in [0.25, 0.3) is 0 Å². The highest BCUT2D eigenvalue weighted by Gasteiger charge is 2.37. The number of ether oxygens (including phenoxy) is 2. The molecule has 0 atom stereocenters. The molecule has 1 saturated heterocycles. The first-order chi connectivity index (χ1) is 9.04. The molecule has 0 saturated carbocycles. The topological polar surface area (TPSA) is 50.7 Å². The normalized spacial score (nSPS) is 17.1. The average molecular weight is 273 g/mol. The number of benzene rings is 1. The van der Waals surface area contributed by atoms with Crippen molar-refractivity contribution in [2.24, 2.45) is 5.41 Å². The lowest BCUT2D eigenvalue weighted by Gasteiger charge is -2.40. The van der Waals surface area contributed by atoms with Crippen LogP contribution in [0.4, 0.5) is 14.5 Å². The molecule has 1 aliphatic heterocycles. The van der Waals surface area contributed by atoms with Crippen LogP contribution in [0.3, 0.4) is 0 Å². The quantitative estimate of drug-likeness (QED) is 0.832. The molecule has 0 amide bonds. The first-order valence-corrected chi connectivity index (χ1v) is 6.03. The average Bonchev–Trinajstić information content (AvgIpc) is 2.31. The molecule has 106 valence electrons. The van der Waals surface area contributed by atoms with Gasteiger partial charge in [-0.3, -0.25) is 0 Å². The van der Waals surface area contributed by atoms with Gasteiger partial charge in [0.25, 0.3) is 0 Å². The second kappa shape index (κ2) is 5.71. The van der Waals surface area contributed by atoms with Gasteiger partial charge in [0.05, 0.1) is 25.2 Å². The molecule has 1 heterocycles. The molecule has 4 nitrogen and oxygen atoms in total. The second-order valence-electron chi connectivity index (χ2n) is 4.86. The Morgan fingerprint density at radius 2 is 2.21 bits per heavy atom. The van der Waals surface area contributed by atoms with Crippen molar-refractivity contribution in [3.8, 4) is 5.75 Å². The molecule has 0 radical (unpaired) electrons. The lowest BCUT2D eigenvalue weighted by Crippen LogP contribution is -2.50. The summed E-state index contributed by atoms with van der Waals surface area (Å²) in [6.07, 6.45) is 0. The molecule has 1 fully saturated rings. The molecule has 1 aromatic carbocycles. The van der Waals surface area contributed by atoms with Crippen LogP contribution in [0.15, 0.2) is 18.2 Å². The summed E-state index contributed by atoms with van der Waals surface area (Å²) < 4.78 is 34.0. The van der Waals surface area contributed by atoms with Gasteiger partial charge in [0.1, 0.15) is 5.75 Å². The van der Waals surface area contributed by atoms with Crippen LogP contribution >= 0.6 is 0 Å². The van der Waals surface area contributed by atoms with Crippen LogP contribution in [0.1, 0.15) is 5.56 Å². The van der Waals surface area contributed by atoms with Crippen molar-refractivity contribution in [2.75, 3.05) is 31.7 Å². The van der Waals surface area contributed by atoms with Gasteiger partial charge < -0.3 is 19.9 Å². The van der Waals surface area contributed by atoms with Crippen molar-refractivity contribution >= 4 is 5.69 Å². The number of aliphatic hydroxyl groups excluding tert-OH is 1. The van der Waals surface area contributed by atoms with Crippen LogP contribution in [0, 0.1) is 12.3 Å². The number of rotatable bonds is 6. The van der Waals surface area contributed by atoms with E-state index >= 15 is 0 Å². The maximum absolute atomic E-state index is 12.2. The van der Waals surface area contributed by atoms with Crippen molar-refractivity contribution in [3.63, 3.8) is 0 Å². The van der Waals surface area contributed by atoms with Crippen LogP contribution in [-0.2, 0) is 4.74 Å². The Bertz CT molecular complexity index is 430. The van der Waals surface area contributed by atoms with Crippen LogP contribution in [0.2, 0.25) is 0 Å². The summed E-state index contributed by atoms with van der Waals surface area (Å²) in [6.45, 7) is 0.437. The largest absolute Gasteiger partial charge is 0.434 e. The number of aryl methyl sites for hydroxylation is 1. The van der Waals surface area contributed by atoms with E-state index in [0.29, 0.717) is 31.0 Å². The Labute approximate surface area is 110 Å². The number of alkyl halides is 2. The van der Waals surface area contributed by atoms with Gasteiger partial charge in [-0.25, -0.2) is 0 Å². The molecule has 0 unspecified atom stereocenters. The van der Waals surface area contributed by atoms with E-state index in [-0.39, 0.29) is 17.8 Å². The van der Waals surface area contributed by atoms with E-state index in [4.69, 9.17) is 4.74 Å². The Morgan fingerprint density at radius 1 is 1.47 bits per heavy atom. The third kappa shape index (κ3) is 3.33. The first-order valence-electron chi connectivity index (χ1n) is 6.03. The zero-order valence-corrected chi connectivity index (χ0v) is 10.7. The Kier molecular flexibility index (Phi) is 4.21. The third-order valence-corrected chi connectivity index (χ3v) is 3.22. The highest BCUT2D eigenvalue weighted by atomic mass is 19.3. The van der Waals surface area contributed by atoms with E-state index in [1.54, 1.807) is 19.1 Å². The summed E-state index contributed by atoms with van der Waals surface area (Å²) in [4.78, 5) is 0. The lowest BCUT2D eigenvalue weighted by atomic mass is 9.87. The maximum Gasteiger partial charge on any atom is 0.387 e. The Balaban J connectivity index is 2.00. The van der Waals surface area contributed by atoms with Crippen molar-refractivity contribution in [2.45, 2.75) is 13.5 Å². The van der Waals surface area contributed by atoms with Crippen LogP contribution < -0.4 is 10.1 Å². The molecule has 19 heavy (non-hydrogen) atoms. The van der Waals surface area contributed by atoms with Gasteiger partial charge in [0.2, 0.25) is 0 Å². The fourth-order valence-electron chi connectivity index (χ4n) is 1.86. The minimum Gasteiger partial charge on any atom is -0.434 e. The molecule has 0 bridgehead atoms. The monoisotopic (exact) mass is 273 g/mol. The minimum absolute atomic E-state index is 0.0340. The van der Waals surface area contributed by atoms with E-state index in [1.807, 2.05) is 0 Å². The zero-order chi connectivity index (χ0) is 13.9. The van der Waals surface area contributed by atoms with Gasteiger partial charge >= 0.3 is 6.61 Å². The Morgan fingerprint density at radius 3 is 2.74 bits per heavy atom. The summed E-state index contributed by atoms with van der Waals surface area (Å²) in [5, 5.41) is 12.4. The fourth-order valence-corrected chi connectivity index (χ4v) is 1.86. The summed E-state index contributed by atoms with van der Waals surface area (Å²) in [5.74, 6) is 0.155. The van der Waals surface area contributed by atoms with Gasteiger partial charge in [0.15, 0.2) is 0 Å². The predicted molar refractivity (Wildman–Crippen MR) is 66.6 cm³/mol. The molecule has 0 aliphatic carbocycles. The molecule has 2 N–H and O–H groups in total. The van der Waals surface area contributed by atoms with Gasteiger partial charge in [-0.2, -0.15) is 8.78 Å². The molecular weight excluding hydrogens is 256 g/mol. The number of anilines is 1. The summed E-state index contributed by atoms with van der Waals surface area (Å²) >= 11 is 0. The number of hydrogen-bond acceptors (Lipinski definition) is 4. The molecule has 1 aliphatic rings. The number of nitrogens with one attached hydrogen (secondary N) is 1. The second-order valence-corrected chi connectivity index (χ2v) is 4.86. The lowest BCUT2D eigenvalue weighted by molar-refractivity contribution is -0.128. The summed E-state index contributed by atoms with van der Waals surface area (Å²) in [5.41, 5.74) is 1.06. The predicted octanol–water partition coefficient (Wildman–Crippen LogP) is 2.02. The Hall–Kier alpha value is -1.40. The molecule has 2 rings (SSSR count). The molecular formula is C13H17F2NO3. The summed E-state index contributed by atoms with van der Waals surface area (Å²) in [7, 11) is 0. The smallest absolute Gasteiger partial charge is 0.387 e. The van der Waals surface area contributed by atoms with Gasteiger partial charge in [-0.15, -0.1) is 0 Å². The molecule has 0 spiro atoms. The van der Waals surface area contributed by atoms with E-state index in [9.17, 15) is 13.9 Å². The number of halogens is 2. The fraction of sp³-hybridized carbons (Fsp3) is 0.538. The van der Waals surface area contributed by atoms with Gasteiger partial charge in [0, 0.05) is 18.3 Å². The van der Waals surface area contributed by atoms with E-state index in [0.717, 1.165) is 0 Å². The maximum atomic E-state index is 12.2. The molecule has 1 aromatic rings. The molecule has 6 heteroatoms. The highest BCUT2D eigenvalue weighted by molar-refractivity contribution is 5.51. The third-order valence-electron chi connectivity index (χ3n) is 3.22. The highest BCUT2D eigenvalue weighted by Crippen LogP contribution is 2.29. The van der Waals surface area contributed by atoms with Gasteiger partial charge in [-0.05, 0) is 18.6 Å². The first kappa shape index (κ1) is 14.0. The minimum atomic E-state index is -2.84.